The summed E-state index contributed by atoms with van der Waals surface area (Å²) in [6, 6.07) is 7.56. The van der Waals surface area contributed by atoms with E-state index >= 15 is 0 Å². The first-order valence-electron chi connectivity index (χ1n) is 8.73. The highest BCUT2D eigenvalue weighted by atomic mass is 35.5. The topological polar surface area (TPSA) is 59.8 Å². The molecule has 1 N–H and O–H groups in total. The van der Waals surface area contributed by atoms with Crippen molar-refractivity contribution in [3.05, 3.63) is 52.3 Å². The fraction of sp³-hybridized carbons (Fsp3) is 0.350. The molecule has 2 heterocycles. The van der Waals surface area contributed by atoms with Crippen molar-refractivity contribution in [1.82, 2.24) is 14.8 Å². The minimum atomic E-state index is -0.214. The Bertz CT molecular complexity index is 975. The van der Waals surface area contributed by atoms with Gasteiger partial charge < -0.3 is 5.32 Å². The molecule has 0 saturated heterocycles. The lowest BCUT2D eigenvalue weighted by Gasteiger charge is -2.13. The number of carbonyl (C=O) groups is 1. The van der Waals surface area contributed by atoms with E-state index in [0.717, 1.165) is 22.3 Å². The van der Waals surface area contributed by atoms with Crippen molar-refractivity contribution in [3.63, 3.8) is 0 Å². The van der Waals surface area contributed by atoms with Gasteiger partial charge in [0.2, 0.25) is 0 Å². The molecule has 0 aliphatic rings. The van der Waals surface area contributed by atoms with Gasteiger partial charge >= 0.3 is 0 Å². The van der Waals surface area contributed by atoms with E-state index in [1.54, 1.807) is 6.20 Å². The average Bonchev–Trinajstić information content (AvgIpc) is 3.00. The lowest BCUT2D eigenvalue weighted by Crippen LogP contribution is -2.14. The van der Waals surface area contributed by atoms with Gasteiger partial charge in [0.25, 0.3) is 5.91 Å². The second-order valence-electron chi connectivity index (χ2n) is 7.11. The van der Waals surface area contributed by atoms with E-state index in [4.69, 9.17) is 16.6 Å². The summed E-state index contributed by atoms with van der Waals surface area (Å²) in [7, 11) is 0. The van der Waals surface area contributed by atoms with E-state index < -0.39 is 0 Å². The van der Waals surface area contributed by atoms with Crippen LogP contribution in [0.3, 0.4) is 0 Å². The van der Waals surface area contributed by atoms with Crippen LogP contribution in [-0.4, -0.2) is 20.7 Å². The van der Waals surface area contributed by atoms with Crippen molar-refractivity contribution in [2.24, 2.45) is 0 Å². The molecule has 0 saturated carbocycles. The molecule has 2 aromatic heterocycles. The molecule has 0 radical (unpaired) electrons. The molecule has 6 heteroatoms. The van der Waals surface area contributed by atoms with Crippen LogP contribution in [0.1, 0.15) is 61.3 Å². The third kappa shape index (κ3) is 3.44. The molecular formula is C20H23ClN4O. The Morgan fingerprint density at radius 2 is 1.92 bits per heavy atom. The number of fused-ring (bicyclic) bond motifs is 1. The Hall–Kier alpha value is -2.40. The highest BCUT2D eigenvalue weighted by Gasteiger charge is 2.19. The number of anilines is 1. The smallest absolute Gasteiger partial charge is 0.256 e. The van der Waals surface area contributed by atoms with Gasteiger partial charge in [-0.2, -0.15) is 5.10 Å². The number of hydrogen-bond donors (Lipinski definition) is 1. The van der Waals surface area contributed by atoms with Crippen molar-refractivity contribution in [2.75, 3.05) is 5.32 Å². The summed E-state index contributed by atoms with van der Waals surface area (Å²) in [5.74, 6) is -0.0159. The van der Waals surface area contributed by atoms with Crippen LogP contribution in [0, 0.1) is 6.92 Å². The first-order chi connectivity index (χ1) is 12.3. The highest BCUT2D eigenvalue weighted by Crippen LogP contribution is 2.27. The molecule has 0 aliphatic heterocycles. The number of aromatic nitrogens is 3. The van der Waals surface area contributed by atoms with Gasteiger partial charge in [-0.05, 0) is 50.5 Å². The Labute approximate surface area is 158 Å². The highest BCUT2D eigenvalue weighted by molar-refractivity contribution is 6.34. The molecule has 0 fully saturated rings. The number of pyridine rings is 1. The number of nitrogens with one attached hydrogen (secondary N) is 1. The second-order valence-corrected chi connectivity index (χ2v) is 7.51. The summed E-state index contributed by atoms with van der Waals surface area (Å²) in [4.78, 5) is 17.7. The molecule has 3 aromatic rings. The molecular weight excluding hydrogens is 348 g/mol. The lowest BCUT2D eigenvalue weighted by molar-refractivity contribution is 0.102. The van der Waals surface area contributed by atoms with Crippen LogP contribution in [0.2, 0.25) is 5.02 Å². The van der Waals surface area contributed by atoms with Crippen LogP contribution in [0.15, 0.2) is 30.5 Å². The van der Waals surface area contributed by atoms with Crippen LogP contribution in [-0.2, 0) is 0 Å². The minimum absolute atomic E-state index is 0.157. The molecule has 1 amide bonds. The third-order valence-electron chi connectivity index (χ3n) is 4.28. The molecule has 0 spiro atoms. The van der Waals surface area contributed by atoms with E-state index in [1.807, 2.05) is 49.7 Å². The monoisotopic (exact) mass is 370 g/mol. The maximum absolute atomic E-state index is 13.0. The Balaban J connectivity index is 2.09. The first kappa shape index (κ1) is 18.4. The quantitative estimate of drug-likeness (QED) is 0.673. The number of carbonyl (C=O) groups excluding carboxylic acids is 1. The summed E-state index contributed by atoms with van der Waals surface area (Å²) < 4.78 is 1.84. The summed E-state index contributed by atoms with van der Waals surface area (Å²) in [5.41, 5.74) is 3.78. The van der Waals surface area contributed by atoms with E-state index in [9.17, 15) is 4.79 Å². The fourth-order valence-electron chi connectivity index (χ4n) is 2.81. The van der Waals surface area contributed by atoms with Gasteiger partial charge in [-0.3, -0.25) is 4.79 Å². The lowest BCUT2D eigenvalue weighted by atomic mass is 10.0. The molecule has 0 unspecified atom stereocenters. The van der Waals surface area contributed by atoms with Crippen LogP contribution in [0.5, 0.6) is 0 Å². The maximum Gasteiger partial charge on any atom is 0.256 e. The molecule has 0 atom stereocenters. The van der Waals surface area contributed by atoms with Crippen molar-refractivity contribution < 1.29 is 4.79 Å². The van der Waals surface area contributed by atoms with E-state index in [0.29, 0.717) is 16.3 Å². The number of halogens is 1. The molecule has 0 aliphatic carbocycles. The van der Waals surface area contributed by atoms with Crippen LogP contribution < -0.4 is 5.32 Å². The number of amides is 1. The molecule has 0 bridgehead atoms. The predicted octanol–water partition coefficient (Wildman–Crippen LogP) is 5.35. The fourth-order valence-corrected chi connectivity index (χ4v) is 3.09. The Morgan fingerprint density at radius 1 is 1.19 bits per heavy atom. The van der Waals surface area contributed by atoms with Gasteiger partial charge in [0.1, 0.15) is 0 Å². The summed E-state index contributed by atoms with van der Waals surface area (Å²) in [6.07, 6.45) is 1.71. The van der Waals surface area contributed by atoms with Crippen molar-refractivity contribution in [2.45, 2.75) is 46.6 Å². The van der Waals surface area contributed by atoms with E-state index in [2.05, 4.69) is 24.3 Å². The number of aryl methyl sites for hydroxylation is 1. The number of rotatable bonds is 4. The average molecular weight is 371 g/mol. The standard InChI is InChI=1S/C20H23ClN4O/c1-11(2)18-9-14(15-10-22-25(12(3)4)19(15)23-18)20(26)24-17-7-6-13(5)8-16(17)21/h6-12H,1-5H3,(H,24,26). The van der Waals surface area contributed by atoms with Crippen LogP contribution >= 0.6 is 11.6 Å². The zero-order valence-electron chi connectivity index (χ0n) is 15.7. The van der Waals surface area contributed by atoms with Crippen molar-refractivity contribution >= 4 is 34.2 Å². The zero-order valence-corrected chi connectivity index (χ0v) is 16.4. The molecule has 1 aromatic carbocycles. The zero-order chi connectivity index (χ0) is 19.0. The van der Waals surface area contributed by atoms with E-state index in [-0.39, 0.29) is 17.9 Å². The second kappa shape index (κ2) is 7.08. The van der Waals surface area contributed by atoms with E-state index in [1.165, 1.54) is 0 Å². The van der Waals surface area contributed by atoms with Gasteiger partial charge in [-0.25, -0.2) is 9.67 Å². The summed E-state index contributed by atoms with van der Waals surface area (Å²) in [5, 5.41) is 8.60. The summed E-state index contributed by atoms with van der Waals surface area (Å²) >= 11 is 6.26. The van der Waals surface area contributed by atoms with Gasteiger partial charge in [0.15, 0.2) is 5.65 Å². The van der Waals surface area contributed by atoms with Gasteiger partial charge in [-0.15, -0.1) is 0 Å². The van der Waals surface area contributed by atoms with Crippen molar-refractivity contribution in [1.29, 1.82) is 0 Å². The van der Waals surface area contributed by atoms with Crippen LogP contribution in [0.4, 0.5) is 5.69 Å². The van der Waals surface area contributed by atoms with Gasteiger partial charge in [-0.1, -0.05) is 31.5 Å². The number of hydrogen-bond acceptors (Lipinski definition) is 3. The largest absolute Gasteiger partial charge is 0.321 e. The maximum atomic E-state index is 13.0. The first-order valence-corrected chi connectivity index (χ1v) is 9.11. The van der Waals surface area contributed by atoms with Crippen LogP contribution in [0.25, 0.3) is 11.0 Å². The van der Waals surface area contributed by atoms with Gasteiger partial charge in [0.05, 0.1) is 27.9 Å². The number of benzene rings is 1. The van der Waals surface area contributed by atoms with Gasteiger partial charge in [0, 0.05) is 11.7 Å². The normalized spacial score (nSPS) is 11.5. The third-order valence-corrected chi connectivity index (χ3v) is 4.60. The minimum Gasteiger partial charge on any atom is -0.321 e. The van der Waals surface area contributed by atoms with Crippen molar-refractivity contribution in [3.8, 4) is 0 Å². The molecule has 136 valence electrons. The molecule has 5 nitrogen and oxygen atoms in total. The Kier molecular flexibility index (Phi) is 5.01. The predicted molar refractivity (Wildman–Crippen MR) is 106 cm³/mol. The summed E-state index contributed by atoms with van der Waals surface area (Å²) in [6.45, 7) is 10.2. The molecule has 3 rings (SSSR count). The Morgan fingerprint density at radius 3 is 2.54 bits per heavy atom. The SMILES string of the molecule is Cc1ccc(NC(=O)c2cc(C(C)C)nc3c2cnn3C(C)C)c(Cl)c1. The molecule has 26 heavy (non-hydrogen) atoms. The number of nitrogens with zero attached hydrogens (tertiary/aromatic N) is 3.